The molecule has 0 radical (unpaired) electrons. The lowest BCUT2D eigenvalue weighted by Crippen LogP contribution is -2.03. The van der Waals surface area contributed by atoms with Gasteiger partial charge in [0.25, 0.3) is 0 Å². The lowest BCUT2D eigenvalue weighted by molar-refractivity contribution is 0.561. The van der Waals surface area contributed by atoms with Gasteiger partial charge in [-0.3, -0.25) is 0 Å². The quantitative estimate of drug-likeness (QED) is 0.841. The number of aryl methyl sites for hydroxylation is 3. The Morgan fingerprint density at radius 3 is 2.17 bits per heavy atom. The highest BCUT2D eigenvalue weighted by Gasteiger charge is 2.10. The first kappa shape index (κ1) is 12.8. The minimum Gasteiger partial charge on any atom is -0.397 e. The Bertz CT molecular complexity index is 574. The van der Waals surface area contributed by atoms with Gasteiger partial charge < -0.3 is 4.18 Å². The van der Waals surface area contributed by atoms with Gasteiger partial charge in [0.2, 0.25) is 11.1 Å². The summed E-state index contributed by atoms with van der Waals surface area (Å²) in [6, 6.07) is 13.4. The lowest BCUT2D eigenvalue weighted by Gasteiger charge is -2.08. The molecule has 0 bridgehead atoms. The van der Waals surface area contributed by atoms with E-state index in [-0.39, 0.29) is 0 Å². The molecule has 2 rings (SSSR count). The van der Waals surface area contributed by atoms with Crippen LogP contribution in [0.4, 0.5) is 0 Å². The van der Waals surface area contributed by atoms with Crippen LogP contribution < -0.4 is 4.18 Å². The van der Waals surface area contributed by atoms with Gasteiger partial charge in [-0.15, -0.1) is 0 Å². The molecule has 0 spiro atoms. The maximum atomic E-state index is 12.2. The van der Waals surface area contributed by atoms with Gasteiger partial charge in [-0.1, -0.05) is 29.8 Å². The molecule has 2 nitrogen and oxygen atoms in total. The second-order valence-electron chi connectivity index (χ2n) is 4.40. The van der Waals surface area contributed by atoms with Crippen molar-refractivity contribution in [3.8, 4) is 5.75 Å². The average molecular weight is 260 g/mol. The topological polar surface area (TPSA) is 26.3 Å². The Morgan fingerprint density at radius 1 is 0.889 bits per heavy atom. The summed E-state index contributed by atoms with van der Waals surface area (Å²) in [6.07, 6.45) is 0. The molecule has 0 heterocycles. The van der Waals surface area contributed by atoms with Gasteiger partial charge in [0.15, 0.2) is 0 Å². The number of hydrogen-bond acceptors (Lipinski definition) is 2. The van der Waals surface area contributed by atoms with E-state index in [9.17, 15) is 4.21 Å². The molecular weight excluding hydrogens is 244 g/mol. The van der Waals surface area contributed by atoms with Crippen molar-refractivity contribution in [1.29, 1.82) is 0 Å². The Balaban J connectivity index is 2.21. The van der Waals surface area contributed by atoms with Gasteiger partial charge in [0, 0.05) is 0 Å². The number of hydrogen-bond donors (Lipinski definition) is 0. The molecule has 0 amide bonds. The van der Waals surface area contributed by atoms with Crippen LogP contribution in [0.5, 0.6) is 5.75 Å². The van der Waals surface area contributed by atoms with Gasteiger partial charge in [-0.2, -0.15) is 0 Å². The van der Waals surface area contributed by atoms with Crippen LogP contribution in [0.15, 0.2) is 47.4 Å². The fraction of sp³-hybridized carbons (Fsp3) is 0.200. The van der Waals surface area contributed by atoms with Crippen LogP contribution >= 0.6 is 0 Å². The summed E-state index contributed by atoms with van der Waals surface area (Å²) in [5, 5.41) is 0. The summed E-state index contributed by atoms with van der Waals surface area (Å²) < 4.78 is 17.6. The normalized spacial score (nSPS) is 12.2. The molecule has 0 aliphatic heterocycles. The first-order chi connectivity index (χ1) is 8.56. The van der Waals surface area contributed by atoms with Crippen molar-refractivity contribution >= 4 is 11.1 Å². The molecule has 18 heavy (non-hydrogen) atoms. The highest BCUT2D eigenvalue weighted by molar-refractivity contribution is 7.80. The van der Waals surface area contributed by atoms with E-state index in [0.717, 1.165) is 21.6 Å². The molecular formula is C15H16O2S. The van der Waals surface area contributed by atoms with E-state index in [1.807, 2.05) is 63.2 Å². The van der Waals surface area contributed by atoms with Gasteiger partial charge in [-0.25, -0.2) is 4.21 Å². The van der Waals surface area contributed by atoms with Crippen LogP contribution in [0.2, 0.25) is 0 Å². The standard InChI is InChI=1S/C15H16O2S/c1-11-5-8-14(9-6-11)17-18(16)15-10-12(2)4-7-13(15)3/h4-10H,1-3H3. The summed E-state index contributed by atoms with van der Waals surface area (Å²) in [5.41, 5.74) is 3.21. The largest absolute Gasteiger partial charge is 0.397 e. The van der Waals surface area contributed by atoms with E-state index >= 15 is 0 Å². The third-order valence-electron chi connectivity index (χ3n) is 2.72. The summed E-state index contributed by atoms with van der Waals surface area (Å²) in [7, 11) is 0. The van der Waals surface area contributed by atoms with Crippen molar-refractivity contribution in [2.75, 3.05) is 0 Å². The van der Waals surface area contributed by atoms with Gasteiger partial charge in [0.05, 0.1) is 4.90 Å². The summed E-state index contributed by atoms with van der Waals surface area (Å²) >= 11 is -1.46. The van der Waals surface area contributed by atoms with Crippen LogP contribution in [0.3, 0.4) is 0 Å². The minimum absolute atomic E-state index is 0.625. The molecule has 0 saturated heterocycles. The van der Waals surface area contributed by atoms with Crippen molar-refractivity contribution in [2.45, 2.75) is 25.7 Å². The van der Waals surface area contributed by atoms with Crippen LogP contribution in [-0.2, 0) is 11.1 Å². The van der Waals surface area contributed by atoms with E-state index in [4.69, 9.17) is 4.18 Å². The molecule has 2 aromatic rings. The zero-order valence-corrected chi connectivity index (χ0v) is 11.6. The first-order valence-corrected chi connectivity index (χ1v) is 6.88. The predicted octanol–water partition coefficient (Wildman–Crippen LogP) is 3.71. The fourth-order valence-electron chi connectivity index (χ4n) is 1.61. The van der Waals surface area contributed by atoms with Crippen LogP contribution in [0.1, 0.15) is 16.7 Å². The minimum atomic E-state index is -1.46. The predicted molar refractivity (Wildman–Crippen MR) is 74.1 cm³/mol. The van der Waals surface area contributed by atoms with Crippen molar-refractivity contribution in [3.05, 3.63) is 59.2 Å². The molecule has 0 saturated carbocycles. The maximum Gasteiger partial charge on any atom is 0.240 e. The summed E-state index contributed by atoms with van der Waals surface area (Å²) in [5.74, 6) is 0.625. The third kappa shape index (κ3) is 2.99. The highest BCUT2D eigenvalue weighted by Crippen LogP contribution is 2.19. The lowest BCUT2D eigenvalue weighted by atomic mass is 10.2. The SMILES string of the molecule is Cc1ccc(OS(=O)c2cc(C)ccc2C)cc1. The fourth-order valence-corrected chi connectivity index (χ4v) is 2.60. The van der Waals surface area contributed by atoms with E-state index in [1.54, 1.807) is 0 Å². The molecule has 0 N–H and O–H groups in total. The molecule has 0 fully saturated rings. The van der Waals surface area contributed by atoms with Crippen LogP contribution in [-0.4, -0.2) is 4.21 Å². The Hall–Kier alpha value is -1.61. The molecule has 0 aliphatic rings. The Labute approximate surface area is 110 Å². The molecule has 94 valence electrons. The summed E-state index contributed by atoms with van der Waals surface area (Å²) in [6.45, 7) is 5.92. The van der Waals surface area contributed by atoms with E-state index < -0.39 is 11.1 Å². The molecule has 3 heteroatoms. The van der Waals surface area contributed by atoms with Crippen molar-refractivity contribution in [1.82, 2.24) is 0 Å². The smallest absolute Gasteiger partial charge is 0.240 e. The van der Waals surface area contributed by atoms with Crippen molar-refractivity contribution in [2.24, 2.45) is 0 Å². The maximum absolute atomic E-state index is 12.2. The van der Waals surface area contributed by atoms with Crippen molar-refractivity contribution < 1.29 is 8.39 Å². The zero-order valence-electron chi connectivity index (χ0n) is 10.8. The monoisotopic (exact) mass is 260 g/mol. The number of benzene rings is 2. The number of rotatable bonds is 3. The molecule has 0 aromatic heterocycles. The van der Waals surface area contributed by atoms with E-state index in [1.165, 1.54) is 0 Å². The van der Waals surface area contributed by atoms with Crippen molar-refractivity contribution in [3.63, 3.8) is 0 Å². The summed E-state index contributed by atoms with van der Waals surface area (Å²) in [4.78, 5) is 0.732. The third-order valence-corrected chi connectivity index (χ3v) is 3.86. The Kier molecular flexibility index (Phi) is 3.82. The van der Waals surface area contributed by atoms with Gasteiger partial charge >= 0.3 is 0 Å². The van der Waals surface area contributed by atoms with E-state index in [2.05, 4.69) is 0 Å². The first-order valence-electron chi connectivity index (χ1n) is 5.80. The second kappa shape index (κ2) is 5.36. The van der Waals surface area contributed by atoms with E-state index in [0.29, 0.717) is 5.75 Å². The molecule has 1 unspecified atom stereocenters. The Morgan fingerprint density at radius 2 is 1.50 bits per heavy atom. The molecule has 0 aliphatic carbocycles. The molecule has 2 aromatic carbocycles. The molecule has 1 atom stereocenters. The average Bonchev–Trinajstić information content (AvgIpc) is 2.35. The van der Waals surface area contributed by atoms with Gasteiger partial charge in [-0.05, 0) is 50.1 Å². The zero-order chi connectivity index (χ0) is 13.1. The highest BCUT2D eigenvalue weighted by atomic mass is 32.2. The van der Waals surface area contributed by atoms with Crippen LogP contribution in [0.25, 0.3) is 0 Å². The van der Waals surface area contributed by atoms with Crippen LogP contribution in [0, 0.1) is 20.8 Å². The second-order valence-corrected chi connectivity index (χ2v) is 5.48. The van der Waals surface area contributed by atoms with Gasteiger partial charge in [0.1, 0.15) is 5.75 Å².